The van der Waals surface area contributed by atoms with E-state index >= 15 is 0 Å². The second-order valence-corrected chi connectivity index (χ2v) is 2.72. The maximum Gasteiger partial charge on any atom is 0.146 e. The fraction of sp³-hybridized carbons (Fsp3) is 0.182. The Hall–Kier alpha value is -1.64. The smallest absolute Gasteiger partial charge is 0.146 e. The Labute approximate surface area is 83.2 Å². The van der Waals surface area contributed by atoms with E-state index in [0.29, 0.717) is 17.9 Å². The molecule has 0 fully saturated rings. The number of rotatable bonds is 3. The van der Waals surface area contributed by atoms with E-state index in [9.17, 15) is 4.39 Å². The zero-order chi connectivity index (χ0) is 10.4. The first-order valence-electron chi connectivity index (χ1n) is 4.47. The number of benzene rings is 1. The van der Waals surface area contributed by atoms with E-state index in [2.05, 4.69) is 16.9 Å². The van der Waals surface area contributed by atoms with Crippen LogP contribution in [0.25, 0.3) is 0 Å². The van der Waals surface area contributed by atoms with Crippen molar-refractivity contribution in [2.24, 2.45) is 4.99 Å². The fourth-order valence-electron chi connectivity index (χ4n) is 1.04. The van der Waals surface area contributed by atoms with E-state index in [4.69, 9.17) is 0 Å². The predicted octanol–water partition coefficient (Wildman–Crippen LogP) is 3.19. The molecule has 0 aliphatic rings. The van der Waals surface area contributed by atoms with Crippen LogP contribution < -0.4 is 5.32 Å². The SMILES string of the molecule is C=CN=C(CC)Nc1ccccc1F. The van der Waals surface area contributed by atoms with Gasteiger partial charge in [-0.1, -0.05) is 25.6 Å². The Morgan fingerprint density at radius 3 is 2.86 bits per heavy atom. The molecule has 1 rings (SSSR count). The molecule has 74 valence electrons. The zero-order valence-electron chi connectivity index (χ0n) is 8.13. The Bertz CT molecular complexity index is 345. The summed E-state index contributed by atoms with van der Waals surface area (Å²) in [7, 11) is 0. The van der Waals surface area contributed by atoms with Crippen LogP contribution >= 0.6 is 0 Å². The Kier molecular flexibility index (Phi) is 3.85. The average molecular weight is 192 g/mol. The van der Waals surface area contributed by atoms with E-state index < -0.39 is 0 Å². The Morgan fingerprint density at radius 1 is 1.57 bits per heavy atom. The number of amidine groups is 1. The number of nitrogens with one attached hydrogen (secondary N) is 1. The van der Waals surface area contributed by atoms with Crippen molar-refractivity contribution < 1.29 is 4.39 Å². The van der Waals surface area contributed by atoms with E-state index in [0.717, 1.165) is 0 Å². The van der Waals surface area contributed by atoms with Gasteiger partial charge in [0.1, 0.15) is 11.7 Å². The van der Waals surface area contributed by atoms with Gasteiger partial charge in [0.25, 0.3) is 0 Å². The number of para-hydroxylation sites is 1. The molecule has 0 spiro atoms. The van der Waals surface area contributed by atoms with Crippen molar-refractivity contribution in [2.45, 2.75) is 13.3 Å². The lowest BCUT2D eigenvalue weighted by Gasteiger charge is -2.07. The highest BCUT2D eigenvalue weighted by atomic mass is 19.1. The number of anilines is 1. The van der Waals surface area contributed by atoms with Crippen LogP contribution in [0.15, 0.2) is 42.0 Å². The standard InChI is InChI=1S/C11H13FN2/c1-3-11(13-4-2)14-10-8-6-5-7-9(10)12/h4-8H,2-3H2,1H3,(H,13,14). The van der Waals surface area contributed by atoms with Crippen molar-refractivity contribution in [3.05, 3.63) is 42.9 Å². The molecule has 0 radical (unpaired) electrons. The Balaban J connectivity index is 2.82. The van der Waals surface area contributed by atoms with Crippen LogP contribution in [0, 0.1) is 5.82 Å². The summed E-state index contributed by atoms with van der Waals surface area (Å²) >= 11 is 0. The van der Waals surface area contributed by atoms with Crippen LogP contribution in [0.5, 0.6) is 0 Å². The quantitative estimate of drug-likeness (QED) is 0.577. The molecule has 0 saturated heterocycles. The predicted molar refractivity (Wildman–Crippen MR) is 57.9 cm³/mol. The van der Waals surface area contributed by atoms with Gasteiger partial charge in [-0.3, -0.25) is 0 Å². The second-order valence-electron chi connectivity index (χ2n) is 2.72. The minimum Gasteiger partial charge on any atom is -0.341 e. The average Bonchev–Trinajstić information content (AvgIpc) is 2.20. The minimum atomic E-state index is -0.280. The third-order valence-electron chi connectivity index (χ3n) is 1.73. The number of nitrogens with zero attached hydrogens (tertiary/aromatic N) is 1. The van der Waals surface area contributed by atoms with Crippen LogP contribution in [0.3, 0.4) is 0 Å². The van der Waals surface area contributed by atoms with Crippen LogP contribution in [0.2, 0.25) is 0 Å². The summed E-state index contributed by atoms with van der Waals surface area (Å²) in [4.78, 5) is 3.98. The van der Waals surface area contributed by atoms with Gasteiger partial charge in [-0.15, -0.1) is 0 Å². The van der Waals surface area contributed by atoms with Crippen molar-refractivity contribution in [1.29, 1.82) is 0 Å². The normalized spacial score (nSPS) is 11.1. The van der Waals surface area contributed by atoms with Gasteiger partial charge in [-0.25, -0.2) is 9.38 Å². The molecule has 1 aromatic carbocycles. The largest absolute Gasteiger partial charge is 0.341 e. The lowest BCUT2D eigenvalue weighted by molar-refractivity contribution is 0.632. The number of hydrogen-bond donors (Lipinski definition) is 1. The fourth-order valence-corrected chi connectivity index (χ4v) is 1.04. The highest BCUT2D eigenvalue weighted by Crippen LogP contribution is 2.12. The van der Waals surface area contributed by atoms with Gasteiger partial charge in [0.05, 0.1) is 5.69 Å². The van der Waals surface area contributed by atoms with Crippen molar-refractivity contribution in [1.82, 2.24) is 0 Å². The molecule has 0 aromatic heterocycles. The highest BCUT2D eigenvalue weighted by Gasteiger charge is 2.01. The zero-order valence-corrected chi connectivity index (χ0v) is 8.13. The van der Waals surface area contributed by atoms with Crippen LogP contribution in [-0.4, -0.2) is 5.84 Å². The van der Waals surface area contributed by atoms with E-state index in [1.165, 1.54) is 12.3 Å². The van der Waals surface area contributed by atoms with Crippen molar-refractivity contribution >= 4 is 11.5 Å². The molecule has 0 atom stereocenters. The topological polar surface area (TPSA) is 24.4 Å². The van der Waals surface area contributed by atoms with Gasteiger partial charge >= 0.3 is 0 Å². The van der Waals surface area contributed by atoms with Crippen molar-refractivity contribution in [3.8, 4) is 0 Å². The molecular formula is C11H13FN2. The van der Waals surface area contributed by atoms with Gasteiger partial charge in [0, 0.05) is 12.6 Å². The Morgan fingerprint density at radius 2 is 2.29 bits per heavy atom. The molecule has 2 nitrogen and oxygen atoms in total. The molecule has 0 saturated carbocycles. The first kappa shape index (κ1) is 10.4. The van der Waals surface area contributed by atoms with Gasteiger partial charge < -0.3 is 5.32 Å². The molecule has 0 heterocycles. The van der Waals surface area contributed by atoms with E-state index in [-0.39, 0.29) is 5.82 Å². The highest BCUT2D eigenvalue weighted by molar-refractivity contribution is 5.95. The van der Waals surface area contributed by atoms with Gasteiger partial charge in [-0.05, 0) is 12.1 Å². The second kappa shape index (κ2) is 5.17. The van der Waals surface area contributed by atoms with Crippen LogP contribution in [-0.2, 0) is 0 Å². The molecule has 0 bridgehead atoms. The first-order chi connectivity index (χ1) is 6.77. The maximum absolute atomic E-state index is 13.2. The van der Waals surface area contributed by atoms with Gasteiger partial charge in [0.2, 0.25) is 0 Å². The minimum absolute atomic E-state index is 0.280. The lowest BCUT2D eigenvalue weighted by atomic mass is 10.3. The third kappa shape index (κ3) is 2.69. The van der Waals surface area contributed by atoms with Gasteiger partial charge in [-0.2, -0.15) is 0 Å². The summed E-state index contributed by atoms with van der Waals surface area (Å²) in [6.07, 6.45) is 2.15. The molecule has 1 aromatic rings. The molecule has 1 N–H and O–H groups in total. The molecule has 3 heteroatoms. The maximum atomic E-state index is 13.2. The first-order valence-corrected chi connectivity index (χ1v) is 4.47. The summed E-state index contributed by atoms with van der Waals surface area (Å²) in [6.45, 7) is 5.43. The van der Waals surface area contributed by atoms with Crippen molar-refractivity contribution in [3.63, 3.8) is 0 Å². The van der Waals surface area contributed by atoms with Crippen molar-refractivity contribution in [2.75, 3.05) is 5.32 Å². The lowest BCUT2D eigenvalue weighted by Crippen LogP contribution is -2.11. The summed E-state index contributed by atoms with van der Waals surface area (Å²) in [5.74, 6) is 0.419. The molecule has 0 aliphatic carbocycles. The molecule has 0 unspecified atom stereocenters. The summed E-state index contributed by atoms with van der Waals surface area (Å²) in [5, 5.41) is 2.90. The number of hydrogen-bond acceptors (Lipinski definition) is 1. The summed E-state index contributed by atoms with van der Waals surface area (Å²) < 4.78 is 13.2. The molecule has 14 heavy (non-hydrogen) atoms. The molecular weight excluding hydrogens is 179 g/mol. The monoisotopic (exact) mass is 192 g/mol. The number of halogens is 1. The van der Waals surface area contributed by atoms with Crippen LogP contribution in [0.4, 0.5) is 10.1 Å². The summed E-state index contributed by atoms with van der Waals surface area (Å²) in [5.41, 5.74) is 0.440. The number of aliphatic imine (C=N–C) groups is 1. The van der Waals surface area contributed by atoms with Crippen LogP contribution in [0.1, 0.15) is 13.3 Å². The molecule has 0 amide bonds. The van der Waals surface area contributed by atoms with E-state index in [1.54, 1.807) is 18.2 Å². The van der Waals surface area contributed by atoms with E-state index in [1.807, 2.05) is 6.92 Å². The third-order valence-corrected chi connectivity index (χ3v) is 1.73. The molecule has 0 aliphatic heterocycles. The summed E-state index contributed by atoms with van der Waals surface area (Å²) in [6, 6.07) is 6.50. The van der Waals surface area contributed by atoms with Gasteiger partial charge in [0.15, 0.2) is 0 Å².